The third-order valence-corrected chi connectivity index (χ3v) is 17.2. The third-order valence-electron chi connectivity index (χ3n) is 8.56. The molecule has 2 aliphatic carbocycles. The Morgan fingerprint density at radius 3 is 1.38 bits per heavy atom. The van der Waals surface area contributed by atoms with Gasteiger partial charge in [-0.25, -0.2) is 0 Å². The van der Waals surface area contributed by atoms with Gasteiger partial charge in [0.05, 0.1) is 0 Å². The molecule has 1 atom stereocenters. The zero-order valence-corrected chi connectivity index (χ0v) is 30.8. The summed E-state index contributed by atoms with van der Waals surface area (Å²) in [7, 11) is 0. The van der Waals surface area contributed by atoms with Gasteiger partial charge < -0.3 is 24.8 Å². The number of halogens is 2. The Kier molecular flexibility index (Phi) is 10.2. The smallest absolute Gasteiger partial charge is 1.00 e. The molecule has 3 heteroatoms. The zero-order valence-electron chi connectivity index (χ0n) is 26.9. The van der Waals surface area contributed by atoms with E-state index in [-0.39, 0.29) is 41.1 Å². The largest absolute Gasteiger partial charge is 1.00 e. The summed E-state index contributed by atoms with van der Waals surface area (Å²) in [6.45, 7) is 33.3. The second kappa shape index (κ2) is 11.5. The first kappa shape index (κ1) is 34.5. The average molecular weight is 645 g/mol. The van der Waals surface area contributed by atoms with Crippen molar-refractivity contribution in [3.05, 3.63) is 78.7 Å². The van der Waals surface area contributed by atoms with Gasteiger partial charge in [0.2, 0.25) is 0 Å². The molecule has 0 N–H and O–H groups in total. The van der Waals surface area contributed by atoms with Crippen LogP contribution in [-0.2, 0) is 32.1 Å². The van der Waals surface area contributed by atoms with E-state index in [1.807, 2.05) is 0 Å². The van der Waals surface area contributed by atoms with Crippen molar-refractivity contribution in [1.29, 1.82) is 0 Å². The van der Waals surface area contributed by atoms with Gasteiger partial charge in [-0.15, -0.1) is 0 Å². The molecule has 0 saturated carbocycles. The van der Waals surface area contributed by atoms with E-state index in [0.29, 0.717) is 9.54 Å². The molecule has 1 unspecified atom stereocenters. The fourth-order valence-electron chi connectivity index (χ4n) is 6.74. The van der Waals surface area contributed by atoms with E-state index >= 15 is 0 Å². The maximum Gasteiger partial charge on any atom is -1.00 e. The number of hydrogen-bond donors (Lipinski definition) is 0. The van der Waals surface area contributed by atoms with Gasteiger partial charge in [0.15, 0.2) is 0 Å². The summed E-state index contributed by atoms with van der Waals surface area (Å²) >= 11 is -2.27. The second-order valence-corrected chi connectivity index (χ2v) is 22.4. The Labute approximate surface area is 260 Å². The van der Waals surface area contributed by atoms with Crippen LogP contribution in [0.1, 0.15) is 120 Å². The number of benzene rings is 2. The van der Waals surface area contributed by atoms with Crippen LogP contribution in [0.25, 0.3) is 11.1 Å². The number of aryl methyl sites for hydroxylation is 2. The molecule has 0 radical (unpaired) electrons. The van der Waals surface area contributed by atoms with Crippen LogP contribution in [0, 0.1) is 25.2 Å². The molecule has 0 aliphatic heterocycles. The van der Waals surface area contributed by atoms with Crippen molar-refractivity contribution in [1.82, 2.24) is 0 Å². The molecular weight excluding hydrogens is 595 g/mol. The van der Waals surface area contributed by atoms with E-state index in [9.17, 15) is 0 Å². The minimum atomic E-state index is -2.27. The third kappa shape index (κ3) is 6.37. The molecule has 2 aromatic rings. The van der Waals surface area contributed by atoms with Crippen molar-refractivity contribution in [3.8, 4) is 11.1 Å². The van der Waals surface area contributed by atoms with Gasteiger partial charge in [-0.3, -0.25) is 0 Å². The predicted octanol–water partition coefficient (Wildman–Crippen LogP) is 4.31. The van der Waals surface area contributed by atoms with E-state index in [0.717, 1.165) is 0 Å². The van der Waals surface area contributed by atoms with Crippen LogP contribution in [0.5, 0.6) is 0 Å². The van der Waals surface area contributed by atoms with Gasteiger partial charge in [0.25, 0.3) is 0 Å². The van der Waals surface area contributed by atoms with Crippen LogP contribution >= 0.6 is 0 Å². The molecule has 4 rings (SSSR count). The number of allylic oxidation sites excluding steroid dienone is 4. The summed E-state index contributed by atoms with van der Waals surface area (Å²) in [5, 5.41) is 0. The molecule has 2 aliphatic rings. The fraction of sp³-hybridized carbons (Fsp3) is 0.528. The molecular formula is C36H50Cl2Zr. The van der Waals surface area contributed by atoms with Gasteiger partial charge >= 0.3 is 237 Å². The molecule has 0 bridgehead atoms. The summed E-state index contributed by atoms with van der Waals surface area (Å²) < 4.78 is 4.05. The van der Waals surface area contributed by atoms with Gasteiger partial charge in [-0.05, 0) is 0 Å². The fourth-order valence-corrected chi connectivity index (χ4v) is 15.3. The Morgan fingerprint density at radius 2 is 1.08 bits per heavy atom. The molecule has 212 valence electrons. The molecule has 0 nitrogen and oxygen atoms in total. The van der Waals surface area contributed by atoms with Crippen molar-refractivity contribution in [2.24, 2.45) is 11.3 Å². The predicted molar refractivity (Wildman–Crippen MR) is 162 cm³/mol. The molecule has 0 amide bonds. The van der Waals surface area contributed by atoms with Gasteiger partial charge in [-0.1, -0.05) is 0 Å². The quantitative estimate of drug-likeness (QED) is 0.458. The van der Waals surface area contributed by atoms with Crippen molar-refractivity contribution < 1.29 is 46.1 Å². The Balaban J connectivity index is 0.00000267. The molecule has 0 spiro atoms. The van der Waals surface area contributed by atoms with E-state index in [4.69, 9.17) is 0 Å². The number of rotatable bonds is 2. The Morgan fingerprint density at radius 1 is 0.667 bits per heavy atom. The van der Waals surface area contributed by atoms with Crippen molar-refractivity contribution in [2.75, 3.05) is 0 Å². The first-order chi connectivity index (χ1) is 16.8. The summed E-state index contributed by atoms with van der Waals surface area (Å²) in [5.74, 6) is 0.552. The first-order valence-corrected chi connectivity index (χ1v) is 18.1. The molecule has 0 heterocycles. The number of fused-ring (bicyclic) bond motifs is 3. The maximum absolute atomic E-state index is 2.64. The SMILES string of the molecule is C[C](C)=[Zr+2]([C]1=CC(C(C)(C)C)=CC1C)[CH]1c2cc(C)c(C(C)(C)C)cc2-c2cc(C(C)(C)C)c(C)cc21.[Cl-].[Cl-]. The van der Waals surface area contributed by atoms with E-state index in [2.05, 4.69) is 133 Å². The van der Waals surface area contributed by atoms with Crippen LogP contribution in [0.15, 0.2) is 45.3 Å². The first-order valence-electron chi connectivity index (χ1n) is 14.2. The molecule has 39 heavy (non-hydrogen) atoms. The van der Waals surface area contributed by atoms with E-state index in [1.165, 1.54) is 39.0 Å². The van der Waals surface area contributed by atoms with Crippen molar-refractivity contribution in [2.45, 2.75) is 111 Å². The molecule has 0 saturated heterocycles. The normalized spacial score (nSPS) is 16.8. The van der Waals surface area contributed by atoms with E-state index < -0.39 is 21.3 Å². The van der Waals surface area contributed by atoms with Gasteiger partial charge in [0.1, 0.15) is 0 Å². The van der Waals surface area contributed by atoms with Crippen LogP contribution in [-0.4, -0.2) is 3.21 Å². The standard InChI is InChI=1S/C23H29.C10H15.C3H6.2ClH.Zr/c1-14-9-16-11-17-10-15(2)21(23(6,7)8)13-19(17)18(16)12-20(14)22(3,4)5;1-8-5-6-9(7-8)10(2,3)4;1-3-2;;;/h9-13H,1-8H3;6-8H,1-4H3;1-2H3;2*1H;/q;;;;;+2/p-2. The van der Waals surface area contributed by atoms with Crippen molar-refractivity contribution >= 4 is 3.21 Å². The topological polar surface area (TPSA) is 0 Å². The van der Waals surface area contributed by atoms with Crippen LogP contribution in [0.4, 0.5) is 0 Å². The molecule has 0 aromatic heterocycles. The summed E-state index contributed by atoms with van der Waals surface area (Å²) in [4.78, 5) is 0. The Hall–Kier alpha value is -0.747. The number of hydrogen-bond acceptors (Lipinski definition) is 0. The van der Waals surface area contributed by atoms with Crippen LogP contribution < -0.4 is 24.8 Å². The van der Waals surface area contributed by atoms with Crippen LogP contribution in [0.3, 0.4) is 0 Å². The monoisotopic (exact) mass is 642 g/mol. The zero-order chi connectivity index (χ0) is 27.8. The van der Waals surface area contributed by atoms with Crippen LogP contribution in [0.2, 0.25) is 0 Å². The Bertz CT molecular complexity index is 1290. The second-order valence-electron chi connectivity index (χ2n) is 15.1. The van der Waals surface area contributed by atoms with Gasteiger partial charge in [0, 0.05) is 0 Å². The summed E-state index contributed by atoms with van der Waals surface area (Å²) in [5.41, 5.74) is 14.1. The van der Waals surface area contributed by atoms with Crippen molar-refractivity contribution in [3.63, 3.8) is 0 Å². The summed E-state index contributed by atoms with van der Waals surface area (Å²) in [6.07, 6.45) is 5.20. The molecule has 2 aromatic carbocycles. The molecule has 0 fully saturated rings. The minimum Gasteiger partial charge on any atom is -1.00 e. The van der Waals surface area contributed by atoms with E-state index in [1.54, 1.807) is 17.6 Å². The summed E-state index contributed by atoms with van der Waals surface area (Å²) in [6, 6.07) is 10.3. The maximum atomic E-state index is 2.64. The average Bonchev–Trinajstić information content (AvgIpc) is 3.24. The van der Waals surface area contributed by atoms with Gasteiger partial charge in [-0.2, -0.15) is 0 Å². The minimum absolute atomic E-state index is 0.